The molecule has 9 heteroatoms. The smallest absolute Gasteiger partial charge is 0.371 e. The van der Waals surface area contributed by atoms with Crippen LogP contribution >= 0.6 is 0 Å². The Kier molecular flexibility index (Phi) is 4.33. The molecule has 128 valence electrons. The number of halogens is 3. The van der Waals surface area contributed by atoms with E-state index >= 15 is 0 Å². The fourth-order valence-corrected chi connectivity index (χ4v) is 3.07. The average Bonchev–Trinajstić information content (AvgIpc) is 3.00. The second-order valence-corrected chi connectivity index (χ2v) is 6.15. The van der Waals surface area contributed by atoms with Crippen molar-refractivity contribution in [3.8, 4) is 0 Å². The summed E-state index contributed by atoms with van der Waals surface area (Å²) in [6.07, 6.45) is -0.247. The van der Waals surface area contributed by atoms with Crippen LogP contribution in [0.1, 0.15) is 18.1 Å². The summed E-state index contributed by atoms with van der Waals surface area (Å²) in [6, 6.07) is -0.164. The molecular weight excluding hydrogens is 313 g/mol. The number of carbonyl (C=O) groups is 1. The number of aryl methyl sites for hydroxylation is 1. The molecule has 0 saturated carbocycles. The van der Waals surface area contributed by atoms with E-state index in [9.17, 15) is 18.0 Å². The first kappa shape index (κ1) is 16.3. The van der Waals surface area contributed by atoms with E-state index in [1.807, 2.05) is 6.20 Å². The molecule has 1 aromatic rings. The van der Waals surface area contributed by atoms with Gasteiger partial charge in [-0.2, -0.15) is 18.3 Å². The molecule has 0 spiro atoms. The predicted molar refractivity (Wildman–Crippen MR) is 74.4 cm³/mol. The van der Waals surface area contributed by atoms with Crippen molar-refractivity contribution in [2.75, 3.05) is 26.2 Å². The van der Waals surface area contributed by atoms with Crippen LogP contribution in [0.5, 0.6) is 0 Å². The summed E-state index contributed by atoms with van der Waals surface area (Å²) < 4.78 is 44.1. The predicted octanol–water partition coefficient (Wildman–Crippen LogP) is 0.860. The van der Waals surface area contributed by atoms with Gasteiger partial charge in [0.25, 0.3) is 0 Å². The highest BCUT2D eigenvalue weighted by atomic mass is 19.4. The van der Waals surface area contributed by atoms with Crippen LogP contribution in [-0.4, -0.2) is 59.0 Å². The molecule has 0 aromatic carbocycles. The van der Waals surface area contributed by atoms with Crippen LogP contribution in [-0.2, 0) is 16.6 Å². The monoisotopic (exact) mass is 332 g/mol. The van der Waals surface area contributed by atoms with Crippen LogP contribution in [0, 0.1) is 5.92 Å². The van der Waals surface area contributed by atoms with Gasteiger partial charge in [-0.15, -0.1) is 0 Å². The lowest BCUT2D eigenvalue weighted by Gasteiger charge is -2.39. The van der Waals surface area contributed by atoms with Gasteiger partial charge in [-0.1, -0.05) is 0 Å². The summed E-state index contributed by atoms with van der Waals surface area (Å²) in [4.78, 5) is 13.4. The van der Waals surface area contributed by atoms with Gasteiger partial charge >= 0.3 is 6.18 Å². The van der Waals surface area contributed by atoms with E-state index in [0.29, 0.717) is 13.0 Å². The third-order valence-electron chi connectivity index (χ3n) is 4.20. The number of rotatable bonds is 4. The summed E-state index contributed by atoms with van der Waals surface area (Å²) >= 11 is 0. The summed E-state index contributed by atoms with van der Waals surface area (Å²) in [6.45, 7) is -0.121. The van der Waals surface area contributed by atoms with Gasteiger partial charge in [0.15, 0.2) is 0 Å². The molecule has 2 aliphatic heterocycles. The lowest BCUT2D eigenvalue weighted by molar-refractivity contribution is -0.163. The number of nitrogens with one attached hydrogen (secondary N) is 1. The van der Waals surface area contributed by atoms with Gasteiger partial charge in [-0.25, -0.2) is 0 Å². The maximum atomic E-state index is 12.3. The van der Waals surface area contributed by atoms with E-state index in [1.165, 1.54) is 4.90 Å². The first-order chi connectivity index (χ1) is 10.8. The van der Waals surface area contributed by atoms with E-state index in [2.05, 4.69) is 10.4 Å². The number of aromatic nitrogens is 2. The first-order valence-corrected chi connectivity index (χ1v) is 7.51. The van der Waals surface area contributed by atoms with Crippen molar-refractivity contribution in [2.24, 2.45) is 13.0 Å². The topological polar surface area (TPSA) is 59.4 Å². The van der Waals surface area contributed by atoms with Crippen molar-refractivity contribution in [3.63, 3.8) is 0 Å². The van der Waals surface area contributed by atoms with E-state index in [-0.39, 0.29) is 37.1 Å². The minimum Gasteiger partial charge on any atom is -0.371 e. The van der Waals surface area contributed by atoms with Crippen LogP contribution in [0.4, 0.5) is 13.2 Å². The number of hydrogen-bond donors (Lipinski definition) is 1. The van der Waals surface area contributed by atoms with Crippen LogP contribution in [0.15, 0.2) is 12.4 Å². The molecule has 3 rings (SSSR count). The van der Waals surface area contributed by atoms with Gasteiger partial charge in [-0.3, -0.25) is 14.4 Å². The Hall–Kier alpha value is -1.61. The Morgan fingerprint density at radius 3 is 2.83 bits per heavy atom. The highest BCUT2D eigenvalue weighted by Crippen LogP contribution is 2.30. The summed E-state index contributed by atoms with van der Waals surface area (Å²) in [5, 5.41) is 7.01. The SMILES string of the molecule is Cn1cc([C@H]2OCC[C@@H]2NC(=O)C2CN(CC(F)(F)F)C2)cn1. The molecule has 0 radical (unpaired) electrons. The van der Waals surface area contributed by atoms with Crippen molar-refractivity contribution < 1.29 is 22.7 Å². The van der Waals surface area contributed by atoms with Crippen LogP contribution in [0.25, 0.3) is 0 Å². The van der Waals surface area contributed by atoms with Crippen molar-refractivity contribution in [1.82, 2.24) is 20.0 Å². The van der Waals surface area contributed by atoms with E-state index < -0.39 is 12.7 Å². The number of hydrogen-bond acceptors (Lipinski definition) is 4. The minimum atomic E-state index is -4.22. The maximum absolute atomic E-state index is 12.3. The second-order valence-electron chi connectivity index (χ2n) is 6.15. The molecule has 0 aliphatic carbocycles. The Morgan fingerprint density at radius 2 is 2.22 bits per heavy atom. The van der Waals surface area contributed by atoms with Crippen molar-refractivity contribution in [2.45, 2.75) is 24.7 Å². The first-order valence-electron chi connectivity index (χ1n) is 7.51. The number of alkyl halides is 3. The molecule has 1 amide bonds. The van der Waals surface area contributed by atoms with Gasteiger partial charge in [-0.05, 0) is 6.42 Å². The number of likely N-dealkylation sites (tertiary alicyclic amines) is 1. The fourth-order valence-electron chi connectivity index (χ4n) is 3.07. The Balaban J connectivity index is 1.50. The molecule has 0 unspecified atom stereocenters. The fraction of sp³-hybridized carbons (Fsp3) is 0.714. The molecule has 2 atom stereocenters. The zero-order chi connectivity index (χ0) is 16.6. The third-order valence-corrected chi connectivity index (χ3v) is 4.20. The van der Waals surface area contributed by atoms with Gasteiger partial charge in [0.2, 0.25) is 5.91 Å². The molecule has 3 heterocycles. The van der Waals surface area contributed by atoms with Gasteiger partial charge in [0, 0.05) is 38.5 Å². The zero-order valence-corrected chi connectivity index (χ0v) is 12.7. The Bertz CT molecular complexity index is 569. The summed E-state index contributed by atoms with van der Waals surface area (Å²) in [5.41, 5.74) is 0.891. The lowest BCUT2D eigenvalue weighted by Crippen LogP contribution is -2.57. The molecule has 1 N–H and O–H groups in total. The lowest BCUT2D eigenvalue weighted by atomic mass is 9.97. The van der Waals surface area contributed by atoms with E-state index in [4.69, 9.17) is 4.74 Å². The van der Waals surface area contributed by atoms with Crippen LogP contribution in [0.3, 0.4) is 0 Å². The largest absolute Gasteiger partial charge is 0.401 e. The van der Waals surface area contributed by atoms with Crippen molar-refractivity contribution in [3.05, 3.63) is 18.0 Å². The highest BCUT2D eigenvalue weighted by Gasteiger charge is 2.41. The molecule has 2 aliphatic rings. The number of ether oxygens (including phenoxy) is 1. The van der Waals surface area contributed by atoms with Gasteiger partial charge in [0.05, 0.1) is 24.7 Å². The summed E-state index contributed by atoms with van der Waals surface area (Å²) in [7, 11) is 1.80. The molecule has 0 bridgehead atoms. The number of nitrogens with zero attached hydrogens (tertiary/aromatic N) is 3. The van der Waals surface area contributed by atoms with Crippen LogP contribution in [0.2, 0.25) is 0 Å². The Labute approximate surface area is 131 Å². The minimum absolute atomic E-state index is 0.149. The Morgan fingerprint density at radius 1 is 1.48 bits per heavy atom. The molecule has 1 aromatic heterocycles. The third kappa shape index (κ3) is 3.84. The van der Waals surface area contributed by atoms with Crippen LogP contribution < -0.4 is 5.32 Å². The number of carbonyl (C=O) groups excluding carboxylic acids is 1. The average molecular weight is 332 g/mol. The molecular formula is C14H19F3N4O2. The van der Waals surface area contributed by atoms with Crippen molar-refractivity contribution >= 4 is 5.91 Å². The molecule has 2 saturated heterocycles. The maximum Gasteiger partial charge on any atom is 0.401 e. The molecule has 23 heavy (non-hydrogen) atoms. The standard InChI is InChI=1S/C14H19F3N4O2/c1-20-5-9(4-18-20)12-11(2-3-23-12)19-13(22)10-6-21(7-10)8-14(15,16)17/h4-5,10-12H,2-3,6-8H2,1H3,(H,19,22)/t11-,12+/m0/s1. The van der Waals surface area contributed by atoms with E-state index in [0.717, 1.165) is 5.56 Å². The van der Waals surface area contributed by atoms with E-state index in [1.54, 1.807) is 17.9 Å². The second kappa shape index (κ2) is 6.12. The highest BCUT2D eigenvalue weighted by molar-refractivity contribution is 5.80. The quantitative estimate of drug-likeness (QED) is 0.889. The van der Waals surface area contributed by atoms with Crippen molar-refractivity contribution in [1.29, 1.82) is 0 Å². The zero-order valence-electron chi connectivity index (χ0n) is 12.7. The van der Waals surface area contributed by atoms with Gasteiger partial charge in [0.1, 0.15) is 6.10 Å². The summed E-state index contributed by atoms with van der Waals surface area (Å²) in [5.74, 6) is -0.583. The number of amides is 1. The molecule has 6 nitrogen and oxygen atoms in total. The molecule has 2 fully saturated rings. The van der Waals surface area contributed by atoms with Gasteiger partial charge < -0.3 is 10.1 Å². The normalized spacial score (nSPS) is 26.3.